The second kappa shape index (κ2) is 10.2. The van der Waals surface area contributed by atoms with E-state index in [0.717, 1.165) is 37.7 Å². The predicted octanol–water partition coefficient (Wildman–Crippen LogP) is 4.59. The number of morpholine rings is 1. The molecule has 0 spiro atoms. The van der Waals surface area contributed by atoms with Gasteiger partial charge in [-0.25, -0.2) is 4.98 Å². The van der Waals surface area contributed by atoms with E-state index in [1.54, 1.807) is 29.7 Å². The summed E-state index contributed by atoms with van der Waals surface area (Å²) < 4.78 is 7.03. The Bertz CT molecular complexity index is 1210. The Morgan fingerprint density at radius 3 is 2.48 bits per heavy atom. The number of nitrogens with zero attached hydrogens (tertiary/aromatic N) is 3. The Balaban J connectivity index is 1.50. The highest BCUT2D eigenvalue weighted by atomic mass is 35.5. The van der Waals surface area contributed by atoms with Crippen LogP contribution < -0.4 is 15.8 Å². The van der Waals surface area contributed by atoms with Gasteiger partial charge in [0.1, 0.15) is 0 Å². The van der Waals surface area contributed by atoms with Gasteiger partial charge in [-0.1, -0.05) is 23.4 Å². The van der Waals surface area contributed by atoms with Crippen LogP contribution in [0.5, 0.6) is 0 Å². The third-order valence-electron chi connectivity index (χ3n) is 5.51. The Morgan fingerprint density at radius 2 is 1.82 bits per heavy atom. The largest absolute Gasteiger partial charge is 0.378 e. The van der Waals surface area contributed by atoms with Crippen LogP contribution in [-0.4, -0.2) is 47.0 Å². The third kappa shape index (κ3) is 5.34. The lowest BCUT2D eigenvalue weighted by atomic mass is 10.2. The Morgan fingerprint density at radius 1 is 1.12 bits per heavy atom. The maximum atomic E-state index is 13.1. The van der Waals surface area contributed by atoms with E-state index in [9.17, 15) is 9.59 Å². The van der Waals surface area contributed by atoms with E-state index in [1.807, 2.05) is 38.1 Å². The normalized spacial score (nSPS) is 15.1. The topological polar surface area (TPSA) is 76.5 Å². The molecular formula is C24H27ClN4O3S. The summed E-state index contributed by atoms with van der Waals surface area (Å²) in [5.41, 5.74) is 2.22. The zero-order chi connectivity index (χ0) is 23.5. The predicted molar refractivity (Wildman–Crippen MR) is 135 cm³/mol. The van der Waals surface area contributed by atoms with Gasteiger partial charge < -0.3 is 15.0 Å². The number of fused-ring (bicyclic) bond motifs is 1. The number of ether oxygens (including phenoxy) is 1. The molecule has 1 amide bonds. The molecule has 1 aliphatic heterocycles. The van der Waals surface area contributed by atoms with Crippen LogP contribution in [0.15, 0.2) is 52.4 Å². The molecule has 0 unspecified atom stereocenters. The van der Waals surface area contributed by atoms with Crippen LogP contribution in [0.2, 0.25) is 5.02 Å². The van der Waals surface area contributed by atoms with Crippen LogP contribution in [-0.2, 0) is 9.53 Å². The molecule has 2 aromatic carbocycles. The van der Waals surface area contributed by atoms with Gasteiger partial charge in [-0.3, -0.25) is 14.2 Å². The average Bonchev–Trinajstić information content (AvgIpc) is 2.79. The molecule has 1 atom stereocenters. The van der Waals surface area contributed by atoms with E-state index >= 15 is 0 Å². The van der Waals surface area contributed by atoms with Crippen LogP contribution in [0.3, 0.4) is 0 Å². The second-order valence-corrected chi connectivity index (χ2v) is 9.96. The quantitative estimate of drug-likeness (QED) is 0.406. The smallest absolute Gasteiger partial charge is 0.262 e. The van der Waals surface area contributed by atoms with Crippen molar-refractivity contribution in [3.8, 4) is 0 Å². The minimum absolute atomic E-state index is 0.101. The molecular weight excluding hydrogens is 460 g/mol. The van der Waals surface area contributed by atoms with Crippen molar-refractivity contribution >= 4 is 51.5 Å². The summed E-state index contributed by atoms with van der Waals surface area (Å²) in [6.45, 7) is 8.83. The molecule has 1 saturated heterocycles. The number of anilines is 2. The molecule has 33 heavy (non-hydrogen) atoms. The number of thioether (sulfide) groups is 1. The highest BCUT2D eigenvalue weighted by Crippen LogP contribution is 2.27. The van der Waals surface area contributed by atoms with Crippen LogP contribution in [0, 0.1) is 0 Å². The molecule has 0 saturated carbocycles. The first-order chi connectivity index (χ1) is 15.8. The summed E-state index contributed by atoms with van der Waals surface area (Å²) >= 11 is 7.37. The summed E-state index contributed by atoms with van der Waals surface area (Å²) in [5.74, 6) is -0.158. The molecule has 9 heteroatoms. The number of nitrogens with one attached hydrogen (secondary N) is 1. The number of benzene rings is 2. The van der Waals surface area contributed by atoms with Crippen molar-refractivity contribution in [1.82, 2.24) is 9.55 Å². The van der Waals surface area contributed by atoms with Gasteiger partial charge in [-0.15, -0.1) is 0 Å². The van der Waals surface area contributed by atoms with Crippen molar-refractivity contribution in [2.45, 2.75) is 37.2 Å². The molecule has 0 aliphatic carbocycles. The fourth-order valence-corrected chi connectivity index (χ4v) is 4.93. The molecule has 1 aliphatic rings. The Hall–Kier alpha value is -2.55. The summed E-state index contributed by atoms with van der Waals surface area (Å²) in [5, 5.41) is 4.02. The molecule has 1 aromatic heterocycles. The summed E-state index contributed by atoms with van der Waals surface area (Å²) in [6.07, 6.45) is 0. The van der Waals surface area contributed by atoms with Crippen molar-refractivity contribution in [2.75, 3.05) is 36.5 Å². The zero-order valence-electron chi connectivity index (χ0n) is 18.9. The SMILES string of the molecule is CC(C)n1c(S[C@H](C)C(=O)Nc2ccc(N3CCOCC3)cc2)nc2cc(Cl)ccc2c1=O. The molecule has 0 radical (unpaired) electrons. The van der Waals surface area contributed by atoms with Gasteiger partial charge in [-0.2, -0.15) is 0 Å². The van der Waals surface area contributed by atoms with Crippen molar-refractivity contribution < 1.29 is 9.53 Å². The highest BCUT2D eigenvalue weighted by Gasteiger charge is 2.21. The summed E-state index contributed by atoms with van der Waals surface area (Å²) in [7, 11) is 0. The van der Waals surface area contributed by atoms with Crippen molar-refractivity contribution in [1.29, 1.82) is 0 Å². The molecule has 1 fully saturated rings. The van der Waals surface area contributed by atoms with Crippen LogP contribution in [0.4, 0.5) is 11.4 Å². The van der Waals surface area contributed by atoms with Crippen LogP contribution in [0.1, 0.15) is 26.8 Å². The number of rotatable bonds is 6. The maximum absolute atomic E-state index is 13.1. The van der Waals surface area contributed by atoms with Gasteiger partial charge in [0.25, 0.3) is 5.56 Å². The lowest BCUT2D eigenvalue weighted by Crippen LogP contribution is -2.36. The second-order valence-electron chi connectivity index (χ2n) is 8.22. The van der Waals surface area contributed by atoms with E-state index in [2.05, 4.69) is 15.2 Å². The monoisotopic (exact) mass is 486 g/mol. The first-order valence-electron chi connectivity index (χ1n) is 11.0. The standard InChI is InChI=1S/C24H27ClN4O3S/c1-15(2)29-23(31)20-9-4-17(25)14-21(20)27-24(29)33-16(3)22(30)26-18-5-7-19(8-6-18)28-10-12-32-13-11-28/h4-9,14-16H,10-13H2,1-3H3,(H,26,30)/t16-/m1/s1. The van der Waals surface area contributed by atoms with Gasteiger partial charge in [0.2, 0.25) is 5.91 Å². The molecule has 3 aromatic rings. The number of hydrogen-bond donors (Lipinski definition) is 1. The van der Waals surface area contributed by atoms with Gasteiger partial charge in [-0.05, 0) is 63.2 Å². The number of amides is 1. The van der Waals surface area contributed by atoms with Crippen molar-refractivity contribution in [3.63, 3.8) is 0 Å². The summed E-state index contributed by atoms with van der Waals surface area (Å²) in [6, 6.07) is 12.8. The average molecular weight is 487 g/mol. The van der Waals surface area contributed by atoms with Crippen LogP contribution in [0.25, 0.3) is 10.9 Å². The number of hydrogen-bond acceptors (Lipinski definition) is 6. The molecule has 174 valence electrons. The van der Waals surface area contributed by atoms with Gasteiger partial charge >= 0.3 is 0 Å². The highest BCUT2D eigenvalue weighted by molar-refractivity contribution is 8.00. The number of carbonyl (C=O) groups is 1. The van der Waals surface area contributed by atoms with Gasteiger partial charge in [0.15, 0.2) is 5.16 Å². The zero-order valence-corrected chi connectivity index (χ0v) is 20.4. The minimum Gasteiger partial charge on any atom is -0.378 e. The summed E-state index contributed by atoms with van der Waals surface area (Å²) in [4.78, 5) is 32.9. The molecule has 0 bridgehead atoms. The van der Waals surface area contributed by atoms with Gasteiger partial charge in [0.05, 0.1) is 29.4 Å². The third-order valence-corrected chi connectivity index (χ3v) is 6.81. The maximum Gasteiger partial charge on any atom is 0.262 e. The fraction of sp³-hybridized carbons (Fsp3) is 0.375. The van der Waals surface area contributed by atoms with Crippen molar-refractivity contribution in [2.24, 2.45) is 0 Å². The van der Waals surface area contributed by atoms with E-state index in [4.69, 9.17) is 16.3 Å². The van der Waals surface area contributed by atoms with Crippen molar-refractivity contribution in [3.05, 3.63) is 57.8 Å². The lowest BCUT2D eigenvalue weighted by molar-refractivity contribution is -0.115. The minimum atomic E-state index is -0.461. The van der Waals surface area contributed by atoms with Gasteiger partial charge in [0, 0.05) is 35.5 Å². The molecule has 7 nitrogen and oxygen atoms in total. The number of halogens is 1. The van der Waals surface area contributed by atoms with E-state index < -0.39 is 5.25 Å². The number of carbonyl (C=O) groups excluding carboxylic acids is 1. The molecule has 4 rings (SSSR count). The first kappa shape index (κ1) is 23.6. The van der Waals surface area contributed by atoms with E-state index in [0.29, 0.717) is 21.1 Å². The Kier molecular flexibility index (Phi) is 7.26. The van der Waals surface area contributed by atoms with Crippen LogP contribution >= 0.6 is 23.4 Å². The number of aromatic nitrogens is 2. The first-order valence-corrected chi connectivity index (χ1v) is 12.2. The lowest BCUT2D eigenvalue weighted by Gasteiger charge is -2.29. The fourth-order valence-electron chi connectivity index (χ4n) is 3.72. The van der Waals surface area contributed by atoms with E-state index in [-0.39, 0.29) is 17.5 Å². The molecule has 1 N–H and O–H groups in total. The van der Waals surface area contributed by atoms with E-state index in [1.165, 1.54) is 11.8 Å². The Labute approximate surface area is 202 Å². The molecule has 2 heterocycles.